The Morgan fingerprint density at radius 1 is 1.12 bits per heavy atom. The topological polar surface area (TPSA) is 29.9 Å². The van der Waals surface area contributed by atoms with Crippen molar-refractivity contribution in [2.24, 2.45) is 0 Å². The van der Waals surface area contributed by atoms with Gasteiger partial charge in [-0.3, -0.25) is 0 Å². The Morgan fingerprint density at radius 3 is 2.38 bits per heavy atom. The largest absolute Gasteiger partial charge is 0.328 e. The molecular formula is C18H20ClF4N3. The van der Waals surface area contributed by atoms with Gasteiger partial charge in [0.25, 0.3) is 0 Å². The Morgan fingerprint density at radius 2 is 1.77 bits per heavy atom. The number of fused-ring (bicyclic) bond motifs is 1. The Hall–Kier alpha value is -1.60. The van der Waals surface area contributed by atoms with Crippen LogP contribution in [-0.4, -0.2) is 16.1 Å². The van der Waals surface area contributed by atoms with Crippen molar-refractivity contribution >= 4 is 11.6 Å². The Bertz CT molecular complexity index is 806. The third-order valence-electron chi connectivity index (χ3n) is 4.83. The molecule has 1 unspecified atom stereocenters. The summed E-state index contributed by atoms with van der Waals surface area (Å²) < 4.78 is 57.7. The van der Waals surface area contributed by atoms with E-state index in [1.165, 1.54) is 0 Å². The summed E-state index contributed by atoms with van der Waals surface area (Å²) in [6.07, 6.45) is 1.79. The summed E-state index contributed by atoms with van der Waals surface area (Å²) in [5, 5.41) is 3.60. The van der Waals surface area contributed by atoms with Crippen LogP contribution in [0.2, 0.25) is 5.15 Å². The third-order valence-corrected chi connectivity index (χ3v) is 5.11. The molecule has 0 amide bonds. The van der Waals surface area contributed by atoms with Crippen molar-refractivity contribution in [1.82, 2.24) is 14.9 Å². The summed E-state index contributed by atoms with van der Waals surface area (Å²) in [7, 11) is 0. The van der Waals surface area contributed by atoms with Crippen LogP contribution in [0.3, 0.4) is 0 Å². The van der Waals surface area contributed by atoms with E-state index in [1.54, 1.807) is 0 Å². The predicted octanol–water partition coefficient (Wildman–Crippen LogP) is 4.63. The molecule has 1 aromatic carbocycles. The van der Waals surface area contributed by atoms with Crippen LogP contribution in [0.15, 0.2) is 0 Å². The van der Waals surface area contributed by atoms with Crippen LogP contribution in [0.25, 0.3) is 0 Å². The van der Waals surface area contributed by atoms with E-state index in [0.717, 1.165) is 31.3 Å². The zero-order chi connectivity index (χ0) is 19.0. The summed E-state index contributed by atoms with van der Waals surface area (Å²) in [6.45, 7) is 4.41. The summed E-state index contributed by atoms with van der Waals surface area (Å²) in [4.78, 5) is 4.38. The molecule has 0 aliphatic carbocycles. The van der Waals surface area contributed by atoms with Crippen molar-refractivity contribution in [2.45, 2.75) is 52.1 Å². The highest BCUT2D eigenvalue weighted by Crippen LogP contribution is 2.32. The molecule has 1 aliphatic heterocycles. The van der Waals surface area contributed by atoms with Gasteiger partial charge in [0.1, 0.15) is 5.82 Å². The number of nitrogens with zero attached hydrogens (tertiary/aromatic N) is 2. The van der Waals surface area contributed by atoms with Crippen molar-refractivity contribution in [3.05, 3.63) is 51.1 Å². The van der Waals surface area contributed by atoms with Gasteiger partial charge in [0.05, 0.1) is 11.7 Å². The lowest BCUT2D eigenvalue weighted by molar-refractivity contribution is 0.387. The van der Waals surface area contributed by atoms with Gasteiger partial charge in [-0.05, 0) is 26.2 Å². The quantitative estimate of drug-likeness (QED) is 0.597. The molecular weight excluding hydrogens is 370 g/mol. The van der Waals surface area contributed by atoms with E-state index in [9.17, 15) is 17.6 Å². The van der Waals surface area contributed by atoms with E-state index in [2.05, 4.69) is 10.3 Å². The molecule has 8 heteroatoms. The van der Waals surface area contributed by atoms with Crippen LogP contribution < -0.4 is 5.32 Å². The van der Waals surface area contributed by atoms with E-state index >= 15 is 0 Å². The average molecular weight is 390 g/mol. The Kier molecular flexibility index (Phi) is 5.58. The van der Waals surface area contributed by atoms with Crippen LogP contribution in [0.5, 0.6) is 0 Å². The highest BCUT2D eigenvalue weighted by atomic mass is 35.5. The van der Waals surface area contributed by atoms with E-state index in [-0.39, 0.29) is 18.9 Å². The fourth-order valence-corrected chi connectivity index (χ4v) is 3.79. The van der Waals surface area contributed by atoms with Gasteiger partial charge in [0.15, 0.2) is 28.4 Å². The fraction of sp³-hybridized carbons (Fsp3) is 0.500. The maximum Gasteiger partial charge on any atom is 0.165 e. The van der Waals surface area contributed by atoms with Gasteiger partial charge < -0.3 is 9.88 Å². The SMILES string of the molecule is CCCc1nc(Cl)c2n1CCNC2CCc1c(F)c(F)c(C)c(F)c1F. The minimum absolute atomic E-state index is 0.159. The first-order chi connectivity index (χ1) is 12.4. The normalized spacial score (nSPS) is 16.8. The molecule has 3 nitrogen and oxygen atoms in total. The number of benzene rings is 1. The zero-order valence-electron chi connectivity index (χ0n) is 14.6. The molecule has 142 valence electrons. The summed E-state index contributed by atoms with van der Waals surface area (Å²) in [5.41, 5.74) is -0.464. The number of aryl methyl sites for hydroxylation is 1. The van der Waals surface area contributed by atoms with Crippen LogP contribution in [0.4, 0.5) is 17.6 Å². The minimum Gasteiger partial charge on any atom is -0.328 e. The van der Waals surface area contributed by atoms with Crippen LogP contribution >= 0.6 is 11.6 Å². The highest BCUT2D eigenvalue weighted by molar-refractivity contribution is 6.30. The molecule has 1 atom stereocenters. The van der Waals surface area contributed by atoms with Crippen molar-refractivity contribution in [3.63, 3.8) is 0 Å². The zero-order valence-corrected chi connectivity index (χ0v) is 15.4. The van der Waals surface area contributed by atoms with Crippen molar-refractivity contribution in [1.29, 1.82) is 0 Å². The van der Waals surface area contributed by atoms with Crippen LogP contribution in [-0.2, 0) is 19.4 Å². The molecule has 1 N–H and O–H groups in total. The molecule has 2 heterocycles. The van der Waals surface area contributed by atoms with E-state index in [4.69, 9.17) is 11.6 Å². The number of rotatable bonds is 5. The number of nitrogens with one attached hydrogen (secondary N) is 1. The molecule has 0 saturated heterocycles. The van der Waals surface area contributed by atoms with Gasteiger partial charge >= 0.3 is 0 Å². The lowest BCUT2D eigenvalue weighted by Gasteiger charge is -2.27. The molecule has 1 aliphatic rings. The summed E-state index contributed by atoms with van der Waals surface area (Å²) in [5.74, 6) is -4.47. The number of hydrogen-bond donors (Lipinski definition) is 1. The number of imidazole rings is 1. The first-order valence-electron chi connectivity index (χ1n) is 8.66. The first-order valence-corrected chi connectivity index (χ1v) is 9.04. The number of hydrogen-bond acceptors (Lipinski definition) is 2. The molecule has 0 bridgehead atoms. The van der Waals surface area contributed by atoms with Crippen molar-refractivity contribution in [3.8, 4) is 0 Å². The van der Waals surface area contributed by atoms with Crippen LogP contribution in [0.1, 0.15) is 48.5 Å². The average Bonchev–Trinajstić information content (AvgIpc) is 2.95. The van der Waals surface area contributed by atoms with E-state index < -0.39 is 34.4 Å². The molecule has 0 saturated carbocycles. The maximum atomic E-state index is 14.1. The van der Waals surface area contributed by atoms with Gasteiger partial charge in [0.2, 0.25) is 0 Å². The second-order valence-electron chi connectivity index (χ2n) is 6.51. The molecule has 0 spiro atoms. The van der Waals surface area contributed by atoms with Gasteiger partial charge in [-0.2, -0.15) is 0 Å². The Balaban J connectivity index is 1.87. The van der Waals surface area contributed by atoms with Gasteiger partial charge in [0, 0.05) is 30.6 Å². The molecule has 0 fully saturated rings. The third kappa shape index (κ3) is 3.22. The smallest absolute Gasteiger partial charge is 0.165 e. The molecule has 26 heavy (non-hydrogen) atoms. The van der Waals surface area contributed by atoms with Gasteiger partial charge in [-0.15, -0.1) is 0 Å². The van der Waals surface area contributed by atoms with Gasteiger partial charge in [-0.1, -0.05) is 18.5 Å². The lowest BCUT2D eigenvalue weighted by Crippen LogP contribution is -2.34. The number of halogens is 5. The van der Waals surface area contributed by atoms with Crippen molar-refractivity contribution in [2.75, 3.05) is 6.54 Å². The summed E-state index contributed by atoms with van der Waals surface area (Å²) in [6, 6.07) is -0.291. The predicted molar refractivity (Wildman–Crippen MR) is 91.3 cm³/mol. The van der Waals surface area contributed by atoms with E-state index in [0.29, 0.717) is 18.2 Å². The van der Waals surface area contributed by atoms with Gasteiger partial charge in [-0.25, -0.2) is 22.5 Å². The molecule has 2 aromatic rings. The lowest BCUT2D eigenvalue weighted by atomic mass is 9.99. The summed E-state index contributed by atoms with van der Waals surface area (Å²) >= 11 is 6.27. The minimum atomic E-state index is -1.34. The van der Waals surface area contributed by atoms with Crippen molar-refractivity contribution < 1.29 is 17.6 Å². The molecule has 3 rings (SSSR count). The van der Waals surface area contributed by atoms with Crippen LogP contribution in [0, 0.1) is 30.2 Å². The molecule has 1 aromatic heterocycles. The molecule has 0 radical (unpaired) electrons. The second-order valence-corrected chi connectivity index (χ2v) is 6.87. The monoisotopic (exact) mass is 389 g/mol. The number of aromatic nitrogens is 2. The maximum absolute atomic E-state index is 14.1. The first kappa shape index (κ1) is 19.2. The fourth-order valence-electron chi connectivity index (χ4n) is 3.46. The standard InChI is InChI=1S/C18H20ClF4N3/c1-3-4-12-25-18(19)17-11(24-7-8-26(12)17)6-5-10-15(22)13(20)9(2)14(21)16(10)23/h11,24H,3-8H2,1-2H3. The Labute approximate surface area is 154 Å². The van der Waals surface area contributed by atoms with E-state index in [1.807, 2.05) is 11.5 Å². The highest BCUT2D eigenvalue weighted by Gasteiger charge is 2.28. The second kappa shape index (κ2) is 7.56.